The van der Waals surface area contributed by atoms with Gasteiger partial charge in [-0.25, -0.2) is 13.8 Å². The monoisotopic (exact) mass is 435 g/mol. The Labute approximate surface area is 179 Å². The molecule has 0 unspecified atom stereocenters. The highest BCUT2D eigenvalue weighted by atomic mass is 32.1. The maximum atomic E-state index is 14.2. The number of ether oxygens (including phenoxy) is 1. The molecule has 5 nitrogen and oxygen atoms in total. The Kier molecular flexibility index (Phi) is 4.38. The molecule has 0 saturated heterocycles. The van der Waals surface area contributed by atoms with Gasteiger partial charge in [-0.05, 0) is 48.1 Å². The summed E-state index contributed by atoms with van der Waals surface area (Å²) in [6.45, 7) is 0. The van der Waals surface area contributed by atoms with Crippen molar-refractivity contribution in [2.24, 2.45) is 7.05 Å². The summed E-state index contributed by atoms with van der Waals surface area (Å²) in [6, 6.07) is 9.04. The number of hydrogen-bond donors (Lipinski definition) is 0. The van der Waals surface area contributed by atoms with Crippen LogP contribution in [0.5, 0.6) is 11.6 Å². The van der Waals surface area contributed by atoms with Gasteiger partial charge in [0.25, 0.3) is 5.56 Å². The molecule has 5 rings (SSSR count). The van der Waals surface area contributed by atoms with Gasteiger partial charge in [-0.15, -0.1) is 11.3 Å². The fourth-order valence-electron chi connectivity index (χ4n) is 3.62. The number of benzene rings is 1. The molecule has 8 heteroatoms. The van der Waals surface area contributed by atoms with Crippen LogP contribution >= 0.6 is 11.3 Å². The summed E-state index contributed by atoms with van der Waals surface area (Å²) in [7, 11) is 1.65. The lowest BCUT2D eigenvalue weighted by atomic mass is 9.95. The zero-order valence-corrected chi connectivity index (χ0v) is 17.2. The number of nitrogens with zero attached hydrogens (tertiary/aromatic N) is 3. The van der Waals surface area contributed by atoms with E-state index in [4.69, 9.17) is 4.74 Å². The number of hydrogen-bond acceptors (Lipinski definition) is 5. The molecule has 0 aliphatic heterocycles. The lowest BCUT2D eigenvalue weighted by Crippen LogP contribution is -2.15. The first-order valence-electron chi connectivity index (χ1n) is 9.54. The molecule has 0 bridgehead atoms. The highest BCUT2D eigenvalue weighted by Gasteiger charge is 2.45. The van der Waals surface area contributed by atoms with E-state index < -0.39 is 17.0 Å². The highest BCUT2D eigenvalue weighted by Crippen LogP contribution is 2.49. The molecule has 0 radical (unpaired) electrons. The van der Waals surface area contributed by atoms with Crippen LogP contribution < -0.4 is 10.3 Å². The highest BCUT2D eigenvalue weighted by molar-refractivity contribution is 7.17. The first-order chi connectivity index (χ1) is 14.9. The Morgan fingerprint density at radius 3 is 2.74 bits per heavy atom. The number of aromatic nitrogens is 2. The Morgan fingerprint density at radius 2 is 2.03 bits per heavy atom. The van der Waals surface area contributed by atoms with Crippen molar-refractivity contribution in [2.75, 3.05) is 0 Å². The van der Waals surface area contributed by atoms with Gasteiger partial charge >= 0.3 is 0 Å². The van der Waals surface area contributed by atoms with Crippen LogP contribution in [-0.4, -0.2) is 9.55 Å². The Morgan fingerprint density at radius 1 is 1.23 bits per heavy atom. The third-order valence-electron chi connectivity index (χ3n) is 5.55. The maximum absolute atomic E-state index is 14.2. The second-order valence-corrected chi connectivity index (χ2v) is 8.49. The van der Waals surface area contributed by atoms with Crippen LogP contribution in [-0.2, 0) is 12.5 Å². The average molecular weight is 435 g/mol. The van der Waals surface area contributed by atoms with E-state index in [0.29, 0.717) is 15.8 Å². The number of aryl methyl sites for hydroxylation is 1. The van der Waals surface area contributed by atoms with Crippen molar-refractivity contribution in [2.45, 2.75) is 18.3 Å². The third kappa shape index (κ3) is 3.18. The largest absolute Gasteiger partial charge is 0.435 e. The molecule has 0 amide bonds. The Bertz CT molecular complexity index is 1450. The van der Waals surface area contributed by atoms with E-state index in [0.717, 1.165) is 35.9 Å². The number of rotatable bonds is 4. The van der Waals surface area contributed by atoms with Crippen molar-refractivity contribution < 1.29 is 13.5 Å². The van der Waals surface area contributed by atoms with Gasteiger partial charge in [0.05, 0.1) is 11.5 Å². The number of pyridine rings is 2. The van der Waals surface area contributed by atoms with Crippen molar-refractivity contribution in [3.05, 3.63) is 75.7 Å². The molecule has 3 aromatic heterocycles. The predicted octanol–water partition coefficient (Wildman–Crippen LogP) is 5.29. The lowest BCUT2D eigenvalue weighted by molar-refractivity contribution is 0.425. The van der Waals surface area contributed by atoms with Crippen molar-refractivity contribution in [3.8, 4) is 28.8 Å². The molecule has 1 fully saturated rings. The van der Waals surface area contributed by atoms with Gasteiger partial charge in [0.1, 0.15) is 10.5 Å². The normalized spacial score (nSPS) is 14.4. The topological polar surface area (TPSA) is 67.9 Å². The number of halogens is 2. The molecule has 1 aliphatic rings. The van der Waals surface area contributed by atoms with Crippen LogP contribution in [0.1, 0.15) is 18.4 Å². The molecule has 0 spiro atoms. The lowest BCUT2D eigenvalue weighted by Gasteiger charge is -2.15. The minimum atomic E-state index is -0.853. The minimum absolute atomic E-state index is 0.106. The van der Waals surface area contributed by atoms with Gasteiger partial charge in [-0.2, -0.15) is 5.26 Å². The number of fused-ring (bicyclic) bond motifs is 1. The summed E-state index contributed by atoms with van der Waals surface area (Å²) >= 11 is 1.33. The van der Waals surface area contributed by atoms with E-state index in [1.165, 1.54) is 22.0 Å². The summed E-state index contributed by atoms with van der Waals surface area (Å²) in [5.41, 5.74) is 1.24. The molecule has 1 saturated carbocycles. The molecule has 0 N–H and O–H groups in total. The predicted molar refractivity (Wildman–Crippen MR) is 113 cm³/mol. The second kappa shape index (κ2) is 7.00. The third-order valence-corrected chi connectivity index (χ3v) is 6.45. The van der Waals surface area contributed by atoms with Gasteiger partial charge in [-0.1, -0.05) is 0 Å². The molecule has 0 atom stereocenters. The summed E-state index contributed by atoms with van der Waals surface area (Å²) in [4.78, 5) is 16.9. The molecular formula is C23H15F2N3O2S. The van der Waals surface area contributed by atoms with Gasteiger partial charge < -0.3 is 9.30 Å². The Hall–Kier alpha value is -3.57. The first kappa shape index (κ1) is 19.4. The van der Waals surface area contributed by atoms with E-state index >= 15 is 0 Å². The van der Waals surface area contributed by atoms with Crippen molar-refractivity contribution >= 4 is 21.4 Å². The number of thiophene rings is 1. The minimum Gasteiger partial charge on any atom is -0.435 e. The molecule has 1 aliphatic carbocycles. The average Bonchev–Trinajstić information content (AvgIpc) is 3.41. The van der Waals surface area contributed by atoms with Crippen LogP contribution in [0, 0.1) is 23.0 Å². The van der Waals surface area contributed by atoms with E-state index in [1.54, 1.807) is 19.4 Å². The summed E-state index contributed by atoms with van der Waals surface area (Å²) < 4.78 is 35.3. The molecular weight excluding hydrogens is 420 g/mol. The van der Waals surface area contributed by atoms with E-state index in [1.807, 2.05) is 17.5 Å². The standard InChI is InChI=1S/C23H15F2N3O2S/c1-28-11-17(15-4-7-31-20(15)22(28)29)16-8-13(23(12-26)5-6-23)10-27-21(16)30-19-3-2-14(24)9-18(19)25/h2-4,7-11H,5-6H2,1H3. The van der Waals surface area contributed by atoms with Crippen LogP contribution in [0.2, 0.25) is 0 Å². The summed E-state index contributed by atoms with van der Waals surface area (Å²) in [5, 5.41) is 12.2. The van der Waals surface area contributed by atoms with E-state index in [9.17, 15) is 18.8 Å². The molecule has 154 valence electrons. The Balaban J connectivity index is 1.74. The quantitative estimate of drug-likeness (QED) is 0.437. The smallest absolute Gasteiger partial charge is 0.268 e. The zero-order chi connectivity index (χ0) is 21.8. The van der Waals surface area contributed by atoms with Gasteiger partial charge in [0.2, 0.25) is 5.88 Å². The summed E-state index contributed by atoms with van der Waals surface area (Å²) in [6.07, 6.45) is 4.71. The van der Waals surface area contributed by atoms with E-state index in [-0.39, 0.29) is 17.2 Å². The molecule has 3 heterocycles. The van der Waals surface area contributed by atoms with Crippen molar-refractivity contribution in [1.29, 1.82) is 5.26 Å². The van der Waals surface area contributed by atoms with Crippen LogP contribution in [0.15, 0.2) is 52.9 Å². The first-order valence-corrected chi connectivity index (χ1v) is 10.4. The van der Waals surface area contributed by atoms with Crippen molar-refractivity contribution in [1.82, 2.24) is 9.55 Å². The molecule has 31 heavy (non-hydrogen) atoms. The SMILES string of the molecule is Cn1cc(-c2cc(C3(C#N)CC3)cnc2Oc2ccc(F)cc2F)c2ccsc2c1=O. The van der Waals surface area contributed by atoms with Crippen LogP contribution in [0.4, 0.5) is 8.78 Å². The maximum Gasteiger partial charge on any atom is 0.268 e. The van der Waals surface area contributed by atoms with Crippen molar-refractivity contribution in [3.63, 3.8) is 0 Å². The van der Waals surface area contributed by atoms with Gasteiger partial charge in [0.15, 0.2) is 11.6 Å². The molecule has 4 aromatic rings. The van der Waals surface area contributed by atoms with Crippen LogP contribution in [0.25, 0.3) is 21.2 Å². The zero-order valence-electron chi connectivity index (χ0n) is 16.4. The fourth-order valence-corrected chi connectivity index (χ4v) is 4.51. The van der Waals surface area contributed by atoms with Gasteiger partial charge in [0, 0.05) is 42.0 Å². The van der Waals surface area contributed by atoms with Crippen LogP contribution in [0.3, 0.4) is 0 Å². The number of nitriles is 1. The fraction of sp³-hybridized carbons (Fsp3) is 0.174. The molecule has 1 aromatic carbocycles. The summed E-state index contributed by atoms with van der Waals surface area (Å²) in [5.74, 6) is -1.63. The van der Waals surface area contributed by atoms with E-state index in [2.05, 4.69) is 11.1 Å². The van der Waals surface area contributed by atoms with Gasteiger partial charge in [-0.3, -0.25) is 4.79 Å². The second-order valence-electron chi connectivity index (χ2n) is 7.57.